The Balaban J connectivity index is 1.77. The SMILES string of the molecule is Cc1sc(CN)nc1C(=O)NC12CCC(F)(CC1)C2. The van der Waals surface area contributed by atoms with E-state index >= 15 is 0 Å². The van der Waals surface area contributed by atoms with Gasteiger partial charge in [0.1, 0.15) is 16.4 Å². The van der Waals surface area contributed by atoms with Gasteiger partial charge in [-0.15, -0.1) is 11.3 Å². The van der Waals surface area contributed by atoms with Gasteiger partial charge in [0.25, 0.3) is 5.91 Å². The molecule has 0 spiro atoms. The monoisotopic (exact) mass is 283 g/mol. The third kappa shape index (κ3) is 2.17. The summed E-state index contributed by atoms with van der Waals surface area (Å²) in [5, 5.41) is 3.79. The lowest BCUT2D eigenvalue weighted by Gasteiger charge is -2.27. The predicted octanol–water partition coefficient (Wildman–Crippen LogP) is 2.06. The molecule has 2 aliphatic carbocycles. The summed E-state index contributed by atoms with van der Waals surface area (Å²) in [5.74, 6) is -0.181. The van der Waals surface area contributed by atoms with Crippen molar-refractivity contribution in [2.24, 2.45) is 5.73 Å². The molecule has 1 aromatic heterocycles. The number of rotatable bonds is 3. The Kier molecular flexibility index (Phi) is 2.90. The largest absolute Gasteiger partial charge is 0.345 e. The van der Waals surface area contributed by atoms with Gasteiger partial charge in [-0.2, -0.15) is 0 Å². The maximum absolute atomic E-state index is 14.1. The van der Waals surface area contributed by atoms with E-state index in [0.29, 0.717) is 31.5 Å². The van der Waals surface area contributed by atoms with Crippen LogP contribution in [0.4, 0.5) is 4.39 Å². The summed E-state index contributed by atoms with van der Waals surface area (Å²) in [6.07, 6.45) is 3.07. The first-order valence-electron chi connectivity index (χ1n) is 6.63. The molecule has 104 valence electrons. The van der Waals surface area contributed by atoms with Crippen LogP contribution in [0.2, 0.25) is 0 Å². The lowest BCUT2D eigenvalue weighted by Crippen LogP contribution is -2.45. The molecule has 1 aromatic rings. The Hall–Kier alpha value is -1.01. The summed E-state index contributed by atoms with van der Waals surface area (Å²) in [7, 11) is 0. The van der Waals surface area contributed by atoms with Gasteiger partial charge in [0, 0.05) is 23.4 Å². The molecule has 2 bridgehead atoms. The number of aryl methyl sites for hydroxylation is 1. The highest BCUT2D eigenvalue weighted by Crippen LogP contribution is 2.52. The fourth-order valence-electron chi connectivity index (χ4n) is 3.36. The van der Waals surface area contributed by atoms with Crippen molar-refractivity contribution in [2.75, 3.05) is 0 Å². The molecule has 0 saturated heterocycles. The van der Waals surface area contributed by atoms with Crippen LogP contribution in [-0.4, -0.2) is 22.1 Å². The number of nitrogens with two attached hydrogens (primary N) is 1. The molecule has 19 heavy (non-hydrogen) atoms. The lowest BCUT2D eigenvalue weighted by molar-refractivity contribution is 0.0896. The van der Waals surface area contributed by atoms with Crippen molar-refractivity contribution in [2.45, 2.75) is 56.8 Å². The Bertz CT molecular complexity index is 520. The number of carbonyl (C=O) groups excluding carboxylic acids is 1. The third-order valence-electron chi connectivity index (χ3n) is 4.37. The van der Waals surface area contributed by atoms with Gasteiger partial charge in [-0.1, -0.05) is 0 Å². The van der Waals surface area contributed by atoms with E-state index in [1.54, 1.807) is 0 Å². The molecule has 0 aromatic carbocycles. The van der Waals surface area contributed by atoms with Crippen molar-refractivity contribution in [1.29, 1.82) is 0 Å². The van der Waals surface area contributed by atoms with Crippen LogP contribution in [0.3, 0.4) is 0 Å². The highest BCUT2D eigenvalue weighted by atomic mass is 32.1. The minimum Gasteiger partial charge on any atom is -0.345 e. The average Bonchev–Trinajstić information content (AvgIpc) is 2.99. The van der Waals surface area contributed by atoms with Crippen LogP contribution < -0.4 is 11.1 Å². The first kappa shape index (κ1) is 13.0. The molecule has 3 N–H and O–H groups in total. The van der Waals surface area contributed by atoms with Gasteiger partial charge in [-0.05, 0) is 32.6 Å². The number of aromatic nitrogens is 1. The molecule has 3 rings (SSSR count). The molecule has 1 amide bonds. The van der Waals surface area contributed by atoms with Crippen LogP contribution >= 0.6 is 11.3 Å². The Morgan fingerprint density at radius 2 is 2.16 bits per heavy atom. The van der Waals surface area contributed by atoms with Crippen LogP contribution in [-0.2, 0) is 6.54 Å². The van der Waals surface area contributed by atoms with E-state index in [2.05, 4.69) is 10.3 Å². The van der Waals surface area contributed by atoms with Crippen LogP contribution in [0.15, 0.2) is 0 Å². The van der Waals surface area contributed by atoms with Crippen molar-refractivity contribution in [3.8, 4) is 0 Å². The molecular formula is C13H18FN3OS. The van der Waals surface area contributed by atoms with Crippen molar-refractivity contribution >= 4 is 17.2 Å². The Labute approximate surface area is 115 Å². The van der Waals surface area contributed by atoms with Crippen molar-refractivity contribution in [1.82, 2.24) is 10.3 Å². The van der Waals surface area contributed by atoms with Crippen LogP contribution in [0, 0.1) is 6.92 Å². The van der Waals surface area contributed by atoms with E-state index in [1.807, 2.05) is 6.92 Å². The molecule has 6 heteroatoms. The van der Waals surface area contributed by atoms with Gasteiger partial charge in [-0.3, -0.25) is 4.79 Å². The van der Waals surface area contributed by atoms with Crippen LogP contribution in [0.25, 0.3) is 0 Å². The number of halogens is 1. The van der Waals surface area contributed by atoms with Crippen molar-refractivity contribution < 1.29 is 9.18 Å². The summed E-state index contributed by atoms with van der Waals surface area (Å²) < 4.78 is 14.1. The minimum absolute atomic E-state index is 0.181. The molecule has 0 atom stereocenters. The first-order valence-corrected chi connectivity index (χ1v) is 7.45. The zero-order valence-corrected chi connectivity index (χ0v) is 11.8. The van der Waals surface area contributed by atoms with Gasteiger partial charge in [0.05, 0.1) is 0 Å². The summed E-state index contributed by atoms with van der Waals surface area (Å²) in [5.41, 5.74) is 4.59. The maximum Gasteiger partial charge on any atom is 0.271 e. The zero-order valence-electron chi connectivity index (χ0n) is 11.0. The molecular weight excluding hydrogens is 265 g/mol. The first-order chi connectivity index (χ1) is 8.95. The normalized spacial score (nSPS) is 32.8. The number of fused-ring (bicyclic) bond motifs is 2. The highest BCUT2D eigenvalue weighted by Gasteiger charge is 2.55. The number of carbonyl (C=O) groups is 1. The van der Waals surface area contributed by atoms with E-state index in [-0.39, 0.29) is 11.4 Å². The van der Waals surface area contributed by atoms with Gasteiger partial charge in [-0.25, -0.2) is 9.37 Å². The Morgan fingerprint density at radius 3 is 2.63 bits per heavy atom. The lowest BCUT2D eigenvalue weighted by atomic mass is 9.93. The second-order valence-electron chi connectivity index (χ2n) is 5.78. The van der Waals surface area contributed by atoms with E-state index in [0.717, 1.165) is 22.7 Å². The number of hydrogen-bond donors (Lipinski definition) is 2. The molecule has 0 radical (unpaired) electrons. The number of hydrogen-bond acceptors (Lipinski definition) is 4. The van der Waals surface area contributed by atoms with Crippen molar-refractivity contribution in [3.63, 3.8) is 0 Å². The van der Waals surface area contributed by atoms with Crippen LogP contribution in [0.5, 0.6) is 0 Å². The standard InChI is InChI=1S/C13H18FN3OS/c1-8-10(16-9(6-15)19-8)11(18)17-13-4-2-12(14,7-13)3-5-13/h2-7,15H2,1H3,(H,17,18). The smallest absolute Gasteiger partial charge is 0.271 e. The van der Waals surface area contributed by atoms with Gasteiger partial charge in [0.2, 0.25) is 0 Å². The van der Waals surface area contributed by atoms with E-state index in [9.17, 15) is 9.18 Å². The summed E-state index contributed by atoms with van der Waals surface area (Å²) in [4.78, 5) is 17.4. The van der Waals surface area contributed by atoms with Crippen LogP contribution in [0.1, 0.15) is 52.5 Å². The number of amides is 1. The number of nitrogens with zero attached hydrogens (tertiary/aromatic N) is 1. The average molecular weight is 283 g/mol. The fourth-order valence-corrected chi connectivity index (χ4v) is 4.16. The second kappa shape index (κ2) is 4.24. The maximum atomic E-state index is 14.1. The number of nitrogens with one attached hydrogen (secondary N) is 1. The molecule has 0 unspecified atom stereocenters. The predicted molar refractivity (Wildman–Crippen MR) is 71.9 cm³/mol. The molecule has 0 aliphatic heterocycles. The van der Waals surface area contributed by atoms with Gasteiger partial charge >= 0.3 is 0 Å². The fraction of sp³-hybridized carbons (Fsp3) is 0.692. The minimum atomic E-state index is -1.05. The molecule has 2 aliphatic rings. The van der Waals surface area contributed by atoms with E-state index in [1.165, 1.54) is 11.3 Å². The van der Waals surface area contributed by atoms with E-state index < -0.39 is 5.67 Å². The highest BCUT2D eigenvalue weighted by molar-refractivity contribution is 7.11. The van der Waals surface area contributed by atoms with Gasteiger partial charge < -0.3 is 11.1 Å². The molecule has 1 heterocycles. The second-order valence-corrected chi connectivity index (χ2v) is 7.07. The summed E-state index contributed by atoms with van der Waals surface area (Å²) >= 11 is 1.45. The Morgan fingerprint density at radius 1 is 1.47 bits per heavy atom. The summed E-state index contributed by atoms with van der Waals surface area (Å²) in [6, 6.07) is 0. The molecule has 2 saturated carbocycles. The third-order valence-corrected chi connectivity index (χ3v) is 5.36. The molecule has 4 nitrogen and oxygen atoms in total. The van der Waals surface area contributed by atoms with E-state index in [4.69, 9.17) is 5.73 Å². The quantitative estimate of drug-likeness (QED) is 0.892. The van der Waals surface area contributed by atoms with Gasteiger partial charge in [0.15, 0.2) is 0 Å². The molecule has 2 fully saturated rings. The summed E-state index contributed by atoms with van der Waals surface area (Å²) in [6.45, 7) is 2.21. The number of thiazole rings is 1. The van der Waals surface area contributed by atoms with Crippen molar-refractivity contribution in [3.05, 3.63) is 15.6 Å². The number of alkyl halides is 1. The zero-order chi connectivity index (χ0) is 13.7. The topological polar surface area (TPSA) is 68.0 Å².